The Labute approximate surface area is 75.4 Å². The number of carbonyl (C=O) groups excluding carboxylic acids is 2. The lowest BCUT2D eigenvalue weighted by Crippen LogP contribution is -2.25. The van der Waals surface area contributed by atoms with Crippen LogP contribution in [0.1, 0.15) is 13.3 Å². The average Bonchev–Trinajstić information content (AvgIpc) is 2.11. The van der Waals surface area contributed by atoms with Crippen LogP contribution in [-0.2, 0) is 9.59 Å². The van der Waals surface area contributed by atoms with Gasteiger partial charge in [0.15, 0.2) is 5.66 Å². The fraction of sp³-hybridized carbons (Fsp3) is 0.333. The second kappa shape index (κ2) is 3.76. The van der Waals surface area contributed by atoms with Crippen LogP contribution in [0.2, 0.25) is 0 Å². The van der Waals surface area contributed by atoms with E-state index in [0.29, 0.717) is 6.42 Å². The summed E-state index contributed by atoms with van der Waals surface area (Å²) in [6.07, 6.45) is 8.61. The molecule has 0 aromatic rings. The van der Waals surface area contributed by atoms with E-state index in [0.717, 1.165) is 5.57 Å². The SMILES string of the molecule is CC1=CC=CCC1(N=C=O)N=C=O. The summed E-state index contributed by atoms with van der Waals surface area (Å²) < 4.78 is 0. The van der Waals surface area contributed by atoms with Crippen molar-refractivity contribution in [1.82, 2.24) is 0 Å². The van der Waals surface area contributed by atoms with Crippen molar-refractivity contribution in [1.29, 1.82) is 0 Å². The summed E-state index contributed by atoms with van der Waals surface area (Å²) in [6.45, 7) is 1.76. The Morgan fingerprint density at radius 3 is 2.46 bits per heavy atom. The van der Waals surface area contributed by atoms with Crippen LogP contribution < -0.4 is 0 Å². The van der Waals surface area contributed by atoms with Crippen LogP contribution in [0.4, 0.5) is 0 Å². The first kappa shape index (κ1) is 9.33. The Bertz CT molecular complexity index is 338. The molecule has 0 spiro atoms. The van der Waals surface area contributed by atoms with Crippen LogP contribution in [0.25, 0.3) is 0 Å². The molecular formula is C9H8N2O2. The molecule has 0 N–H and O–H groups in total. The summed E-state index contributed by atoms with van der Waals surface area (Å²) in [6, 6.07) is 0. The molecule has 1 aliphatic rings. The molecule has 0 radical (unpaired) electrons. The summed E-state index contributed by atoms with van der Waals surface area (Å²) in [5.41, 5.74) is -0.347. The van der Waals surface area contributed by atoms with Crippen LogP contribution in [0.5, 0.6) is 0 Å². The van der Waals surface area contributed by atoms with Gasteiger partial charge in [0.1, 0.15) is 0 Å². The maximum atomic E-state index is 10.2. The molecule has 0 atom stereocenters. The smallest absolute Gasteiger partial charge is 0.211 e. The van der Waals surface area contributed by atoms with Crippen LogP contribution in [0, 0.1) is 0 Å². The van der Waals surface area contributed by atoms with Crippen molar-refractivity contribution in [2.75, 3.05) is 0 Å². The Morgan fingerprint density at radius 2 is 2.00 bits per heavy atom. The number of aliphatic imine (C=N–C) groups is 2. The van der Waals surface area contributed by atoms with Gasteiger partial charge in [-0.2, -0.15) is 9.98 Å². The van der Waals surface area contributed by atoms with Gasteiger partial charge in [0.2, 0.25) is 12.2 Å². The van der Waals surface area contributed by atoms with E-state index in [1.807, 2.05) is 6.08 Å². The highest BCUT2D eigenvalue weighted by Gasteiger charge is 2.31. The first-order valence-corrected chi connectivity index (χ1v) is 3.77. The minimum Gasteiger partial charge on any atom is -0.211 e. The van der Waals surface area contributed by atoms with Gasteiger partial charge in [0.05, 0.1) is 0 Å². The van der Waals surface area contributed by atoms with Crippen molar-refractivity contribution >= 4 is 12.2 Å². The third kappa shape index (κ3) is 1.70. The third-order valence-electron chi connectivity index (χ3n) is 1.98. The number of hydrogen-bond acceptors (Lipinski definition) is 4. The molecule has 0 saturated carbocycles. The van der Waals surface area contributed by atoms with Crippen molar-refractivity contribution in [3.05, 3.63) is 23.8 Å². The molecule has 0 heterocycles. The highest BCUT2D eigenvalue weighted by Crippen LogP contribution is 2.29. The van der Waals surface area contributed by atoms with Gasteiger partial charge in [0.25, 0.3) is 0 Å². The van der Waals surface area contributed by atoms with E-state index in [2.05, 4.69) is 9.98 Å². The van der Waals surface area contributed by atoms with Crippen molar-refractivity contribution < 1.29 is 9.59 Å². The molecule has 13 heavy (non-hydrogen) atoms. The standard InChI is InChI=1S/C9H8N2O2/c1-8-4-2-3-5-9(8,10-6-12)11-7-13/h2-4H,5H2,1H3. The lowest BCUT2D eigenvalue weighted by Gasteiger charge is -2.23. The van der Waals surface area contributed by atoms with Crippen LogP contribution in [-0.4, -0.2) is 17.8 Å². The van der Waals surface area contributed by atoms with E-state index in [-0.39, 0.29) is 0 Å². The van der Waals surface area contributed by atoms with Crippen molar-refractivity contribution in [2.24, 2.45) is 9.98 Å². The molecule has 0 amide bonds. The van der Waals surface area contributed by atoms with Crippen LogP contribution in [0.3, 0.4) is 0 Å². The predicted octanol–water partition coefficient (Wildman–Crippen LogP) is 1.26. The molecule has 4 heteroatoms. The molecule has 0 saturated heterocycles. The molecule has 0 aromatic heterocycles. The monoisotopic (exact) mass is 176 g/mol. The van der Waals surface area contributed by atoms with Gasteiger partial charge >= 0.3 is 0 Å². The maximum absolute atomic E-state index is 10.2. The highest BCUT2D eigenvalue weighted by atomic mass is 16.1. The van der Waals surface area contributed by atoms with E-state index in [1.54, 1.807) is 19.1 Å². The zero-order valence-electron chi connectivity index (χ0n) is 7.15. The van der Waals surface area contributed by atoms with Gasteiger partial charge in [-0.25, -0.2) is 9.59 Å². The van der Waals surface area contributed by atoms with Crippen LogP contribution in [0.15, 0.2) is 33.8 Å². The van der Waals surface area contributed by atoms with Gasteiger partial charge < -0.3 is 0 Å². The zero-order chi connectivity index (χ0) is 9.73. The van der Waals surface area contributed by atoms with Crippen molar-refractivity contribution in [3.8, 4) is 0 Å². The first-order chi connectivity index (χ1) is 6.25. The maximum Gasteiger partial charge on any atom is 0.237 e. The summed E-state index contributed by atoms with van der Waals surface area (Å²) in [7, 11) is 0. The van der Waals surface area contributed by atoms with E-state index in [4.69, 9.17) is 0 Å². The largest absolute Gasteiger partial charge is 0.237 e. The number of isocyanates is 2. The van der Waals surface area contributed by atoms with Gasteiger partial charge in [-0.15, -0.1) is 0 Å². The minimum atomic E-state index is -1.09. The Hall–Kier alpha value is -1.76. The van der Waals surface area contributed by atoms with E-state index in [9.17, 15) is 9.59 Å². The molecule has 1 rings (SSSR count). The topological polar surface area (TPSA) is 58.9 Å². The molecule has 0 unspecified atom stereocenters. The quantitative estimate of drug-likeness (QED) is 0.469. The number of allylic oxidation sites excluding steroid dienone is 2. The number of hydrogen-bond donors (Lipinski definition) is 0. The summed E-state index contributed by atoms with van der Waals surface area (Å²) >= 11 is 0. The van der Waals surface area contributed by atoms with Gasteiger partial charge in [0, 0.05) is 6.42 Å². The molecule has 0 bridgehead atoms. The van der Waals surface area contributed by atoms with Gasteiger partial charge in [-0.3, -0.25) is 0 Å². The molecule has 1 aliphatic carbocycles. The normalized spacial score (nSPS) is 25.5. The lowest BCUT2D eigenvalue weighted by molar-refractivity contribution is 0.495. The molecule has 4 nitrogen and oxygen atoms in total. The molecule has 0 fully saturated rings. The summed E-state index contributed by atoms with van der Waals surface area (Å²) in [5, 5.41) is 0. The Balaban J connectivity index is 3.19. The lowest BCUT2D eigenvalue weighted by atomic mass is 9.94. The predicted molar refractivity (Wildman–Crippen MR) is 46.5 cm³/mol. The minimum absolute atomic E-state index is 0.403. The Kier molecular flexibility index (Phi) is 2.70. The Morgan fingerprint density at radius 1 is 1.38 bits per heavy atom. The van der Waals surface area contributed by atoms with E-state index >= 15 is 0 Å². The fourth-order valence-electron chi connectivity index (χ4n) is 1.18. The van der Waals surface area contributed by atoms with Gasteiger partial charge in [-0.05, 0) is 12.5 Å². The van der Waals surface area contributed by atoms with Gasteiger partial charge in [-0.1, -0.05) is 18.2 Å². The molecule has 0 aromatic carbocycles. The van der Waals surface area contributed by atoms with Crippen LogP contribution >= 0.6 is 0 Å². The van der Waals surface area contributed by atoms with E-state index < -0.39 is 5.66 Å². The fourth-order valence-corrected chi connectivity index (χ4v) is 1.18. The average molecular weight is 176 g/mol. The molecule has 0 aliphatic heterocycles. The number of rotatable bonds is 2. The van der Waals surface area contributed by atoms with Crippen molar-refractivity contribution in [2.45, 2.75) is 19.0 Å². The van der Waals surface area contributed by atoms with Crippen molar-refractivity contribution in [3.63, 3.8) is 0 Å². The zero-order valence-corrected chi connectivity index (χ0v) is 7.15. The summed E-state index contributed by atoms with van der Waals surface area (Å²) in [5.74, 6) is 0. The van der Waals surface area contributed by atoms with E-state index in [1.165, 1.54) is 12.2 Å². The highest BCUT2D eigenvalue weighted by molar-refractivity contribution is 5.45. The molecule has 66 valence electrons. The first-order valence-electron chi connectivity index (χ1n) is 3.77. The number of nitrogens with zero attached hydrogens (tertiary/aromatic N) is 2. The summed E-state index contributed by atoms with van der Waals surface area (Å²) in [4.78, 5) is 27.4. The second-order valence-electron chi connectivity index (χ2n) is 2.70. The third-order valence-corrected chi connectivity index (χ3v) is 1.98. The molecular weight excluding hydrogens is 168 g/mol. The second-order valence-corrected chi connectivity index (χ2v) is 2.70.